The van der Waals surface area contributed by atoms with E-state index in [0.29, 0.717) is 13.0 Å². The van der Waals surface area contributed by atoms with Crippen molar-refractivity contribution in [2.24, 2.45) is 0 Å². The third-order valence-corrected chi connectivity index (χ3v) is 4.21. The van der Waals surface area contributed by atoms with Crippen LogP contribution in [0.3, 0.4) is 0 Å². The summed E-state index contributed by atoms with van der Waals surface area (Å²) >= 11 is 0. The molecule has 1 rings (SSSR count). The third-order valence-electron chi connectivity index (χ3n) is 2.99. The van der Waals surface area contributed by atoms with Crippen LogP contribution in [-0.4, -0.2) is 51.6 Å². The minimum Gasteiger partial charge on any atom is -0.497 e. The van der Waals surface area contributed by atoms with Crippen LogP contribution in [0, 0.1) is 0 Å². The predicted molar refractivity (Wildman–Crippen MR) is 86.3 cm³/mol. The van der Waals surface area contributed by atoms with Crippen LogP contribution in [0.4, 0.5) is 0 Å². The minimum atomic E-state index is -3.42. The quantitative estimate of drug-likeness (QED) is 0.681. The second-order valence-corrected chi connectivity index (χ2v) is 6.78. The topological polar surface area (TPSA) is 75.7 Å². The Labute approximate surface area is 131 Å². The Morgan fingerprint density at radius 2 is 2.18 bits per heavy atom. The Morgan fingerprint density at radius 3 is 2.77 bits per heavy atom. The van der Waals surface area contributed by atoms with E-state index in [0.717, 1.165) is 21.9 Å². The molecule has 1 aromatic rings. The summed E-state index contributed by atoms with van der Waals surface area (Å²) in [6.07, 6.45) is 3.16. The fourth-order valence-corrected chi connectivity index (χ4v) is 2.58. The van der Waals surface area contributed by atoms with Crippen LogP contribution in [0.15, 0.2) is 36.9 Å². The van der Waals surface area contributed by atoms with E-state index in [1.165, 1.54) is 6.08 Å². The van der Waals surface area contributed by atoms with E-state index in [-0.39, 0.29) is 19.0 Å². The number of methoxy groups -OCH3 is 1. The molecule has 0 spiro atoms. The number of hydrogen-bond acceptors (Lipinski definition) is 4. The smallest absolute Gasteiger partial charge is 0.235 e. The van der Waals surface area contributed by atoms with E-state index in [1.54, 1.807) is 7.11 Å². The molecule has 1 aromatic carbocycles. The lowest BCUT2D eigenvalue weighted by molar-refractivity contribution is -0.121. The third kappa shape index (κ3) is 6.28. The molecule has 0 unspecified atom stereocenters. The van der Waals surface area contributed by atoms with Gasteiger partial charge in [0.1, 0.15) is 5.75 Å². The van der Waals surface area contributed by atoms with Crippen molar-refractivity contribution in [3.8, 4) is 5.75 Å². The van der Waals surface area contributed by atoms with Gasteiger partial charge in [-0.05, 0) is 24.1 Å². The molecule has 0 bridgehead atoms. The average molecular weight is 326 g/mol. The van der Waals surface area contributed by atoms with Gasteiger partial charge in [-0.1, -0.05) is 18.2 Å². The van der Waals surface area contributed by atoms with Crippen LogP contribution >= 0.6 is 0 Å². The first-order chi connectivity index (χ1) is 10.4. The molecule has 7 heteroatoms. The summed E-state index contributed by atoms with van der Waals surface area (Å²) < 4.78 is 29.2. The number of amides is 1. The highest BCUT2D eigenvalue weighted by Gasteiger charge is 2.18. The zero-order valence-electron chi connectivity index (χ0n) is 12.9. The van der Waals surface area contributed by atoms with Crippen molar-refractivity contribution in [3.63, 3.8) is 0 Å². The van der Waals surface area contributed by atoms with Crippen LogP contribution in [0.1, 0.15) is 5.56 Å². The lowest BCUT2D eigenvalue weighted by Crippen LogP contribution is -2.40. The Hall–Kier alpha value is -1.86. The van der Waals surface area contributed by atoms with Crippen LogP contribution in [0.25, 0.3) is 0 Å². The van der Waals surface area contributed by atoms with E-state index in [4.69, 9.17) is 4.74 Å². The van der Waals surface area contributed by atoms with Crippen molar-refractivity contribution in [3.05, 3.63) is 42.5 Å². The highest BCUT2D eigenvalue weighted by Crippen LogP contribution is 2.12. The Bertz CT molecular complexity index is 614. The fourth-order valence-electron chi connectivity index (χ4n) is 1.85. The van der Waals surface area contributed by atoms with Gasteiger partial charge in [0, 0.05) is 13.1 Å². The molecule has 122 valence electrons. The van der Waals surface area contributed by atoms with Gasteiger partial charge in [-0.15, -0.1) is 6.58 Å². The molecular formula is C15H22N2O4S. The number of sulfonamides is 1. The molecule has 0 atom stereocenters. The second kappa shape index (κ2) is 8.55. The van der Waals surface area contributed by atoms with Crippen molar-refractivity contribution in [2.45, 2.75) is 6.42 Å². The highest BCUT2D eigenvalue weighted by molar-refractivity contribution is 7.88. The van der Waals surface area contributed by atoms with Crippen LogP contribution in [0.2, 0.25) is 0 Å². The Balaban J connectivity index is 2.46. The highest BCUT2D eigenvalue weighted by atomic mass is 32.2. The number of hydrogen-bond donors (Lipinski definition) is 1. The molecule has 1 amide bonds. The van der Waals surface area contributed by atoms with Gasteiger partial charge < -0.3 is 10.1 Å². The van der Waals surface area contributed by atoms with Gasteiger partial charge in [-0.2, -0.15) is 4.31 Å². The van der Waals surface area contributed by atoms with Gasteiger partial charge in [0.15, 0.2) is 0 Å². The lowest BCUT2D eigenvalue weighted by Gasteiger charge is -2.17. The van der Waals surface area contributed by atoms with Crippen molar-refractivity contribution in [1.82, 2.24) is 9.62 Å². The zero-order chi connectivity index (χ0) is 16.6. The monoisotopic (exact) mass is 326 g/mol. The maximum absolute atomic E-state index is 11.8. The van der Waals surface area contributed by atoms with E-state index >= 15 is 0 Å². The first-order valence-electron chi connectivity index (χ1n) is 6.82. The summed E-state index contributed by atoms with van der Waals surface area (Å²) in [6.45, 7) is 3.83. The number of nitrogens with one attached hydrogen (secondary N) is 1. The average Bonchev–Trinajstić information content (AvgIpc) is 2.46. The molecule has 0 radical (unpaired) electrons. The standard InChI is InChI=1S/C15H22N2O4S/c1-4-10-17(22(3,19)20)12-15(18)16-9-8-13-6-5-7-14(11-13)21-2/h4-7,11H,1,8-10,12H2,2-3H3,(H,16,18). The molecule has 0 saturated heterocycles. The summed E-state index contributed by atoms with van der Waals surface area (Å²) in [7, 11) is -1.83. The summed E-state index contributed by atoms with van der Waals surface area (Å²) in [6, 6.07) is 7.56. The zero-order valence-corrected chi connectivity index (χ0v) is 13.7. The number of carbonyl (C=O) groups is 1. The van der Waals surface area contributed by atoms with Crippen LogP contribution in [0.5, 0.6) is 5.75 Å². The predicted octanol–water partition coefficient (Wildman–Crippen LogP) is 0.801. The molecule has 1 N–H and O–H groups in total. The largest absolute Gasteiger partial charge is 0.497 e. The van der Waals surface area contributed by atoms with Crippen molar-refractivity contribution < 1.29 is 17.9 Å². The summed E-state index contributed by atoms with van der Waals surface area (Å²) in [5.41, 5.74) is 1.03. The maximum atomic E-state index is 11.8. The number of rotatable bonds is 9. The lowest BCUT2D eigenvalue weighted by atomic mass is 10.1. The van der Waals surface area contributed by atoms with Crippen molar-refractivity contribution in [1.29, 1.82) is 0 Å². The van der Waals surface area contributed by atoms with E-state index in [1.807, 2.05) is 24.3 Å². The number of nitrogens with zero attached hydrogens (tertiary/aromatic N) is 1. The van der Waals surface area contributed by atoms with Gasteiger partial charge in [0.05, 0.1) is 19.9 Å². The molecule has 22 heavy (non-hydrogen) atoms. The van der Waals surface area contributed by atoms with E-state index in [9.17, 15) is 13.2 Å². The van der Waals surface area contributed by atoms with Crippen molar-refractivity contribution >= 4 is 15.9 Å². The molecule has 0 aliphatic rings. The van der Waals surface area contributed by atoms with E-state index < -0.39 is 10.0 Å². The van der Waals surface area contributed by atoms with E-state index in [2.05, 4.69) is 11.9 Å². The fraction of sp³-hybridized carbons (Fsp3) is 0.400. The van der Waals surface area contributed by atoms with Gasteiger partial charge >= 0.3 is 0 Å². The summed E-state index contributed by atoms with van der Waals surface area (Å²) in [4.78, 5) is 11.8. The van der Waals surface area contributed by atoms with Crippen LogP contribution in [-0.2, 0) is 21.2 Å². The SMILES string of the molecule is C=CCN(CC(=O)NCCc1cccc(OC)c1)S(C)(=O)=O. The molecule has 0 fully saturated rings. The molecule has 0 aliphatic heterocycles. The van der Waals surface area contributed by atoms with Crippen molar-refractivity contribution in [2.75, 3.05) is 33.0 Å². The second-order valence-electron chi connectivity index (χ2n) is 4.80. The number of carbonyl (C=O) groups excluding carboxylic acids is 1. The number of ether oxygens (including phenoxy) is 1. The molecule has 0 aromatic heterocycles. The Morgan fingerprint density at radius 1 is 1.45 bits per heavy atom. The van der Waals surface area contributed by atoms with Gasteiger partial charge in [-0.25, -0.2) is 8.42 Å². The van der Waals surface area contributed by atoms with Gasteiger partial charge in [-0.3, -0.25) is 4.79 Å². The molecule has 0 saturated carbocycles. The normalized spacial score (nSPS) is 11.2. The summed E-state index contributed by atoms with van der Waals surface area (Å²) in [5.74, 6) is 0.424. The molecule has 0 heterocycles. The molecule has 0 aliphatic carbocycles. The van der Waals surface area contributed by atoms with Gasteiger partial charge in [0.25, 0.3) is 0 Å². The maximum Gasteiger partial charge on any atom is 0.235 e. The summed E-state index contributed by atoms with van der Waals surface area (Å²) in [5, 5.41) is 2.71. The van der Waals surface area contributed by atoms with Crippen LogP contribution < -0.4 is 10.1 Å². The Kier molecular flexibility index (Phi) is 7.07. The molecule has 6 nitrogen and oxygen atoms in total. The first-order valence-corrected chi connectivity index (χ1v) is 8.67. The minimum absolute atomic E-state index is 0.113. The first kappa shape index (κ1) is 18.2. The van der Waals surface area contributed by atoms with Gasteiger partial charge in [0.2, 0.25) is 15.9 Å². The number of benzene rings is 1. The molecular weight excluding hydrogens is 304 g/mol.